The van der Waals surface area contributed by atoms with Crippen LogP contribution in [-0.2, 0) is 25.7 Å². The second kappa shape index (κ2) is 9.28. The van der Waals surface area contributed by atoms with Crippen molar-refractivity contribution in [2.24, 2.45) is 0 Å². The topological polar surface area (TPSA) is 38.2 Å². The van der Waals surface area contributed by atoms with Crippen LogP contribution in [0.2, 0.25) is 0 Å². The number of nitrogens with zero attached hydrogens (tertiary/aromatic N) is 3. The predicted octanol–water partition coefficient (Wildman–Crippen LogP) is 5.82. The van der Waals surface area contributed by atoms with Crippen molar-refractivity contribution in [2.75, 3.05) is 13.1 Å². The van der Waals surface area contributed by atoms with Crippen LogP contribution in [0.1, 0.15) is 41.3 Å². The minimum absolute atomic E-state index is 0.0682. The highest BCUT2D eigenvalue weighted by atomic mass is 19.4. The summed E-state index contributed by atoms with van der Waals surface area (Å²) in [6.07, 6.45) is -0.399. The fourth-order valence-corrected chi connectivity index (χ4v) is 4.03. The van der Waals surface area contributed by atoms with Crippen molar-refractivity contribution in [3.63, 3.8) is 0 Å². The van der Waals surface area contributed by atoms with Crippen molar-refractivity contribution in [2.45, 2.75) is 46.0 Å². The Labute approximate surface area is 186 Å². The molecule has 32 heavy (non-hydrogen) atoms. The molecule has 0 fully saturated rings. The molecular weight excluding hydrogens is 415 g/mol. The van der Waals surface area contributed by atoms with Gasteiger partial charge in [0.2, 0.25) is 0 Å². The quantitative estimate of drug-likeness (QED) is 0.483. The lowest BCUT2D eigenvalue weighted by Gasteiger charge is -2.27. The Morgan fingerprint density at radius 3 is 2.59 bits per heavy atom. The smallest absolute Gasteiger partial charge is 0.416 e. The van der Waals surface area contributed by atoms with Gasteiger partial charge in [0.05, 0.1) is 11.3 Å². The number of hydrogen-bond acceptors (Lipinski definition) is 4. The fraction of sp³-hybridized carbons (Fsp3) is 0.360. The summed E-state index contributed by atoms with van der Waals surface area (Å²) >= 11 is 0. The molecule has 2 heterocycles. The maximum atomic E-state index is 13.1. The summed E-state index contributed by atoms with van der Waals surface area (Å²) in [6.45, 7) is 6.72. The Kier molecular flexibility index (Phi) is 6.46. The SMILES string of the molecule is CCCN1CCc2nc(-c3ccc(OCc4cccc(C(F)(F)F)c4C)cc3)ncc2C1. The summed E-state index contributed by atoms with van der Waals surface area (Å²) in [5.41, 5.74) is 3.24. The van der Waals surface area contributed by atoms with Crippen molar-refractivity contribution in [1.82, 2.24) is 14.9 Å². The average molecular weight is 441 g/mol. The molecule has 0 atom stereocenters. The number of hydrogen-bond donors (Lipinski definition) is 0. The standard InChI is InChI=1S/C25H26F3N3O/c1-3-12-31-13-11-23-20(15-31)14-29-24(30-23)18-7-9-21(10-8-18)32-16-19-5-4-6-22(17(19)2)25(26,27)28/h4-10,14H,3,11-13,15-16H2,1-2H3. The molecule has 1 aromatic heterocycles. The summed E-state index contributed by atoms with van der Waals surface area (Å²) in [7, 11) is 0. The molecule has 0 saturated heterocycles. The normalized spacial score (nSPS) is 14.3. The van der Waals surface area contributed by atoms with Gasteiger partial charge in [-0.2, -0.15) is 13.2 Å². The molecule has 0 spiro atoms. The summed E-state index contributed by atoms with van der Waals surface area (Å²) in [5, 5.41) is 0. The molecule has 168 valence electrons. The molecule has 0 amide bonds. The molecule has 7 heteroatoms. The lowest BCUT2D eigenvalue weighted by atomic mass is 10.0. The van der Waals surface area contributed by atoms with Crippen LogP contribution in [0, 0.1) is 6.92 Å². The van der Waals surface area contributed by atoms with E-state index in [4.69, 9.17) is 9.72 Å². The van der Waals surface area contributed by atoms with Crippen molar-refractivity contribution in [3.8, 4) is 17.1 Å². The van der Waals surface area contributed by atoms with Gasteiger partial charge >= 0.3 is 6.18 Å². The largest absolute Gasteiger partial charge is 0.489 e. The van der Waals surface area contributed by atoms with E-state index in [1.165, 1.54) is 18.6 Å². The van der Waals surface area contributed by atoms with Gasteiger partial charge in [-0.1, -0.05) is 19.1 Å². The van der Waals surface area contributed by atoms with E-state index in [2.05, 4.69) is 16.8 Å². The first-order valence-electron chi connectivity index (χ1n) is 10.8. The molecule has 1 aliphatic rings. The zero-order chi connectivity index (χ0) is 22.7. The zero-order valence-corrected chi connectivity index (χ0v) is 18.2. The number of rotatable bonds is 6. The Hall–Kier alpha value is -2.93. The molecule has 0 radical (unpaired) electrons. The van der Waals surface area contributed by atoms with Crippen molar-refractivity contribution >= 4 is 0 Å². The van der Waals surface area contributed by atoms with Crippen LogP contribution in [0.15, 0.2) is 48.7 Å². The summed E-state index contributed by atoms with van der Waals surface area (Å²) in [6, 6.07) is 11.5. The molecule has 2 aromatic carbocycles. The maximum absolute atomic E-state index is 13.1. The third kappa shape index (κ3) is 4.93. The van der Waals surface area contributed by atoms with Gasteiger partial charge in [-0.25, -0.2) is 9.97 Å². The molecule has 0 aliphatic carbocycles. The van der Waals surface area contributed by atoms with Gasteiger partial charge in [-0.05, 0) is 61.3 Å². The first kappa shape index (κ1) is 22.3. The first-order valence-corrected chi connectivity index (χ1v) is 10.8. The fourth-order valence-electron chi connectivity index (χ4n) is 4.03. The number of ether oxygens (including phenoxy) is 1. The van der Waals surface area contributed by atoms with Crippen LogP contribution < -0.4 is 4.74 Å². The van der Waals surface area contributed by atoms with Gasteiger partial charge < -0.3 is 4.74 Å². The van der Waals surface area contributed by atoms with Gasteiger partial charge in [-0.15, -0.1) is 0 Å². The lowest BCUT2D eigenvalue weighted by Crippen LogP contribution is -2.31. The lowest BCUT2D eigenvalue weighted by molar-refractivity contribution is -0.138. The number of fused-ring (bicyclic) bond motifs is 1. The molecule has 4 rings (SSSR count). The molecule has 0 N–H and O–H groups in total. The number of benzene rings is 2. The Morgan fingerprint density at radius 2 is 1.88 bits per heavy atom. The molecule has 0 bridgehead atoms. The highest BCUT2D eigenvalue weighted by molar-refractivity contribution is 5.56. The Morgan fingerprint density at radius 1 is 1.09 bits per heavy atom. The van der Waals surface area contributed by atoms with E-state index >= 15 is 0 Å². The zero-order valence-electron chi connectivity index (χ0n) is 18.2. The van der Waals surface area contributed by atoms with E-state index in [0.29, 0.717) is 17.1 Å². The number of aromatic nitrogens is 2. The van der Waals surface area contributed by atoms with E-state index in [9.17, 15) is 13.2 Å². The molecule has 0 saturated carbocycles. The average Bonchev–Trinajstić information content (AvgIpc) is 2.78. The summed E-state index contributed by atoms with van der Waals surface area (Å²) < 4.78 is 45.0. The summed E-state index contributed by atoms with van der Waals surface area (Å²) in [4.78, 5) is 11.7. The highest BCUT2D eigenvalue weighted by Gasteiger charge is 2.32. The van der Waals surface area contributed by atoms with Crippen LogP contribution >= 0.6 is 0 Å². The minimum atomic E-state index is -4.37. The highest BCUT2D eigenvalue weighted by Crippen LogP contribution is 2.33. The van der Waals surface area contributed by atoms with Crippen molar-refractivity contribution in [1.29, 1.82) is 0 Å². The molecule has 4 nitrogen and oxygen atoms in total. The number of halogens is 3. The second-order valence-corrected chi connectivity index (χ2v) is 8.09. The van der Waals surface area contributed by atoms with E-state index in [1.54, 1.807) is 18.2 Å². The Balaban J connectivity index is 1.43. The van der Waals surface area contributed by atoms with Gasteiger partial charge in [0.1, 0.15) is 12.4 Å². The minimum Gasteiger partial charge on any atom is -0.489 e. The van der Waals surface area contributed by atoms with E-state index in [1.807, 2.05) is 18.3 Å². The number of alkyl halides is 3. The van der Waals surface area contributed by atoms with Gasteiger partial charge in [0.15, 0.2) is 5.82 Å². The Bertz CT molecular complexity index is 1080. The maximum Gasteiger partial charge on any atom is 0.416 e. The third-order valence-corrected chi connectivity index (χ3v) is 5.81. The molecular formula is C25H26F3N3O. The molecule has 0 unspecified atom stereocenters. The predicted molar refractivity (Wildman–Crippen MR) is 117 cm³/mol. The molecule has 3 aromatic rings. The van der Waals surface area contributed by atoms with Crippen LogP contribution in [0.4, 0.5) is 13.2 Å². The van der Waals surface area contributed by atoms with Crippen LogP contribution in [-0.4, -0.2) is 28.0 Å². The third-order valence-electron chi connectivity index (χ3n) is 5.81. The van der Waals surface area contributed by atoms with E-state index in [0.717, 1.165) is 49.8 Å². The van der Waals surface area contributed by atoms with Crippen molar-refractivity contribution < 1.29 is 17.9 Å². The monoisotopic (exact) mass is 441 g/mol. The van der Waals surface area contributed by atoms with Crippen LogP contribution in [0.5, 0.6) is 5.75 Å². The van der Waals surface area contributed by atoms with Crippen LogP contribution in [0.25, 0.3) is 11.4 Å². The van der Waals surface area contributed by atoms with E-state index < -0.39 is 11.7 Å². The summed E-state index contributed by atoms with van der Waals surface area (Å²) in [5.74, 6) is 1.26. The van der Waals surface area contributed by atoms with Crippen LogP contribution in [0.3, 0.4) is 0 Å². The molecule has 1 aliphatic heterocycles. The van der Waals surface area contributed by atoms with Gasteiger partial charge in [-0.3, -0.25) is 4.90 Å². The van der Waals surface area contributed by atoms with Gasteiger partial charge in [0.25, 0.3) is 0 Å². The second-order valence-electron chi connectivity index (χ2n) is 8.09. The van der Waals surface area contributed by atoms with E-state index in [-0.39, 0.29) is 12.2 Å². The van der Waals surface area contributed by atoms with Crippen molar-refractivity contribution in [3.05, 3.63) is 76.6 Å². The van der Waals surface area contributed by atoms with Gasteiger partial charge in [0, 0.05) is 36.8 Å². The first-order chi connectivity index (χ1) is 15.3.